The van der Waals surface area contributed by atoms with Gasteiger partial charge in [-0.05, 0) is 37.0 Å². The molecule has 0 amide bonds. The summed E-state index contributed by atoms with van der Waals surface area (Å²) in [4.78, 5) is 29.4. The Morgan fingerprint density at radius 3 is 2.48 bits per heavy atom. The fourth-order valence-corrected chi connectivity index (χ4v) is 4.18. The number of alkyl halides is 3. The van der Waals surface area contributed by atoms with Crippen LogP contribution in [0.15, 0.2) is 53.8 Å². The molecule has 2 aliphatic rings. The van der Waals surface area contributed by atoms with E-state index in [0.717, 1.165) is 11.6 Å². The molecule has 0 spiro atoms. The van der Waals surface area contributed by atoms with Crippen LogP contribution in [-0.4, -0.2) is 21.7 Å². The molecular weight excluding hydrogens is 411 g/mol. The van der Waals surface area contributed by atoms with Crippen LogP contribution < -0.4 is 0 Å². The number of rotatable bonds is 6. The Morgan fingerprint density at radius 1 is 1.06 bits per heavy atom. The number of fused-ring (bicyclic) bond motifs is 2. The summed E-state index contributed by atoms with van der Waals surface area (Å²) in [6.45, 7) is -0.238. The largest absolute Gasteiger partial charge is 0.511 e. The predicted octanol–water partition coefficient (Wildman–Crippen LogP) is 4.81. The molecular formula is C23H20F3NO4. The zero-order valence-corrected chi connectivity index (χ0v) is 16.5. The Balaban J connectivity index is 1.65. The molecule has 8 heteroatoms. The van der Waals surface area contributed by atoms with Crippen LogP contribution in [0.2, 0.25) is 0 Å². The van der Waals surface area contributed by atoms with E-state index in [-0.39, 0.29) is 47.6 Å². The van der Waals surface area contributed by atoms with Gasteiger partial charge in [-0.15, -0.1) is 0 Å². The van der Waals surface area contributed by atoms with Gasteiger partial charge >= 0.3 is 6.18 Å². The van der Waals surface area contributed by atoms with Crippen molar-refractivity contribution in [3.05, 3.63) is 76.3 Å². The first kappa shape index (κ1) is 21.2. The van der Waals surface area contributed by atoms with Crippen LogP contribution in [0.4, 0.5) is 13.2 Å². The van der Waals surface area contributed by atoms with Gasteiger partial charge in [0, 0.05) is 17.4 Å². The van der Waals surface area contributed by atoms with Crippen molar-refractivity contribution in [3.63, 3.8) is 0 Å². The molecule has 0 aliphatic heterocycles. The van der Waals surface area contributed by atoms with Crippen molar-refractivity contribution in [2.24, 2.45) is 11.8 Å². The van der Waals surface area contributed by atoms with E-state index >= 15 is 0 Å². The molecule has 2 atom stereocenters. The maximum Gasteiger partial charge on any atom is 0.433 e. The molecule has 2 aromatic rings. The molecule has 162 valence electrons. The normalized spacial score (nSPS) is 20.9. The molecule has 1 aromatic heterocycles. The molecule has 1 fully saturated rings. The van der Waals surface area contributed by atoms with Crippen molar-refractivity contribution in [2.45, 2.75) is 38.7 Å². The molecule has 1 saturated carbocycles. The van der Waals surface area contributed by atoms with Crippen molar-refractivity contribution in [1.82, 2.24) is 4.98 Å². The van der Waals surface area contributed by atoms with Crippen molar-refractivity contribution < 1.29 is 32.6 Å². The van der Waals surface area contributed by atoms with Gasteiger partial charge in [0.25, 0.3) is 0 Å². The number of hydrogen-bond donors (Lipinski definition) is 1. The second-order valence-corrected chi connectivity index (χ2v) is 7.83. The summed E-state index contributed by atoms with van der Waals surface area (Å²) in [6.07, 6.45) is -3.00. The smallest absolute Gasteiger partial charge is 0.433 e. The van der Waals surface area contributed by atoms with Crippen LogP contribution in [0, 0.1) is 11.8 Å². The lowest BCUT2D eigenvalue weighted by Gasteiger charge is -2.21. The van der Waals surface area contributed by atoms with E-state index in [2.05, 4.69) is 4.98 Å². The van der Waals surface area contributed by atoms with Crippen LogP contribution >= 0.6 is 0 Å². The fourth-order valence-electron chi connectivity index (χ4n) is 4.18. The minimum absolute atomic E-state index is 0.115. The molecule has 5 nitrogen and oxygen atoms in total. The number of carbonyl (C=O) groups is 2. The molecule has 31 heavy (non-hydrogen) atoms. The highest BCUT2D eigenvalue weighted by Gasteiger charge is 2.44. The van der Waals surface area contributed by atoms with Crippen LogP contribution in [-0.2, 0) is 28.9 Å². The lowest BCUT2D eigenvalue weighted by Crippen LogP contribution is -2.28. The van der Waals surface area contributed by atoms with Crippen LogP contribution in [0.25, 0.3) is 0 Å². The fraction of sp³-hybridized carbons (Fsp3) is 0.348. The van der Waals surface area contributed by atoms with E-state index in [9.17, 15) is 27.9 Å². The first-order valence-corrected chi connectivity index (χ1v) is 9.96. The second kappa shape index (κ2) is 8.26. The topological polar surface area (TPSA) is 76.5 Å². The van der Waals surface area contributed by atoms with Gasteiger partial charge in [-0.25, -0.2) is 4.98 Å². The van der Waals surface area contributed by atoms with Crippen LogP contribution in [0.5, 0.6) is 0 Å². The number of benzene rings is 1. The molecule has 2 bridgehead atoms. The summed E-state index contributed by atoms with van der Waals surface area (Å²) in [7, 11) is 0. The summed E-state index contributed by atoms with van der Waals surface area (Å²) < 4.78 is 45.1. The van der Waals surface area contributed by atoms with Gasteiger partial charge in [0.05, 0.1) is 18.9 Å². The monoisotopic (exact) mass is 431 g/mol. The highest BCUT2D eigenvalue weighted by Crippen LogP contribution is 2.43. The number of nitrogens with zero attached hydrogens (tertiary/aromatic N) is 1. The number of ether oxygens (including phenoxy) is 1. The highest BCUT2D eigenvalue weighted by atomic mass is 19.4. The SMILES string of the molecule is O=C(C1=C(O)C2CCC(C2)C1=O)c1ccc(C(F)(F)F)nc1COCc1ccccc1. The van der Waals surface area contributed by atoms with E-state index in [4.69, 9.17) is 4.74 Å². The molecule has 1 heterocycles. The van der Waals surface area contributed by atoms with Gasteiger partial charge < -0.3 is 9.84 Å². The first-order chi connectivity index (χ1) is 14.8. The Kier molecular flexibility index (Phi) is 5.66. The third-order valence-corrected chi connectivity index (χ3v) is 5.78. The molecule has 0 radical (unpaired) electrons. The highest BCUT2D eigenvalue weighted by molar-refractivity contribution is 6.28. The number of aliphatic hydroxyl groups excluding tert-OH is 1. The molecule has 1 aromatic carbocycles. The summed E-state index contributed by atoms with van der Waals surface area (Å²) >= 11 is 0. The van der Waals surface area contributed by atoms with Gasteiger partial charge in [0.15, 0.2) is 5.78 Å². The van der Waals surface area contributed by atoms with E-state index in [0.29, 0.717) is 25.3 Å². The molecule has 4 rings (SSSR count). The summed E-state index contributed by atoms with van der Waals surface area (Å²) in [5.41, 5.74) is -1.07. The van der Waals surface area contributed by atoms with Gasteiger partial charge in [0.2, 0.25) is 5.78 Å². The van der Waals surface area contributed by atoms with Gasteiger partial charge in [-0.1, -0.05) is 30.3 Å². The quantitative estimate of drug-likeness (QED) is 0.525. The first-order valence-electron chi connectivity index (χ1n) is 9.96. The maximum atomic E-state index is 13.2. The maximum absolute atomic E-state index is 13.2. The minimum Gasteiger partial charge on any atom is -0.511 e. The van der Waals surface area contributed by atoms with Gasteiger partial charge in [-0.3, -0.25) is 9.59 Å². The average molecular weight is 431 g/mol. The van der Waals surface area contributed by atoms with Crippen LogP contribution in [0.1, 0.15) is 46.6 Å². The van der Waals surface area contributed by atoms with E-state index in [1.54, 1.807) is 24.3 Å². The van der Waals surface area contributed by atoms with E-state index in [1.807, 2.05) is 6.07 Å². The zero-order valence-electron chi connectivity index (χ0n) is 16.5. The lowest BCUT2D eigenvalue weighted by atomic mass is 9.83. The number of aliphatic hydroxyl groups is 1. The van der Waals surface area contributed by atoms with Crippen LogP contribution in [0.3, 0.4) is 0 Å². The Morgan fingerprint density at radius 2 is 1.77 bits per heavy atom. The molecule has 1 N–H and O–H groups in total. The Hall–Kier alpha value is -3.00. The third kappa shape index (κ3) is 4.25. The predicted molar refractivity (Wildman–Crippen MR) is 104 cm³/mol. The average Bonchev–Trinajstić information content (AvgIpc) is 3.20. The zero-order chi connectivity index (χ0) is 22.2. The number of ketones is 2. The van der Waals surface area contributed by atoms with Crippen molar-refractivity contribution in [3.8, 4) is 0 Å². The molecule has 0 saturated heterocycles. The van der Waals surface area contributed by atoms with Crippen molar-refractivity contribution in [1.29, 1.82) is 0 Å². The van der Waals surface area contributed by atoms with Crippen molar-refractivity contribution >= 4 is 11.6 Å². The van der Waals surface area contributed by atoms with Gasteiger partial charge in [0.1, 0.15) is 17.0 Å². The van der Waals surface area contributed by atoms with Gasteiger partial charge in [-0.2, -0.15) is 13.2 Å². The van der Waals surface area contributed by atoms with E-state index in [1.165, 1.54) is 0 Å². The number of hydrogen-bond acceptors (Lipinski definition) is 5. The second-order valence-electron chi connectivity index (χ2n) is 7.83. The number of pyridine rings is 1. The molecule has 2 unspecified atom stereocenters. The summed E-state index contributed by atoms with van der Waals surface area (Å²) in [5, 5.41) is 10.5. The number of carbonyl (C=O) groups excluding carboxylic acids is 2. The molecule has 2 aliphatic carbocycles. The summed E-state index contributed by atoms with van der Waals surface area (Å²) in [6, 6.07) is 10.7. The van der Waals surface area contributed by atoms with Crippen molar-refractivity contribution in [2.75, 3.05) is 0 Å². The number of aromatic nitrogens is 1. The number of allylic oxidation sites excluding steroid dienone is 2. The number of Topliss-reactive ketones (excluding diaryl/α,β-unsaturated/α-hetero) is 2. The lowest BCUT2D eigenvalue weighted by molar-refractivity contribution is -0.141. The standard InChI is InChI=1S/C23H20F3NO4/c24-23(25,26)18-9-8-16(17(27-18)12-31-11-13-4-2-1-3-5-13)22(30)19-20(28)14-6-7-15(10-14)21(19)29/h1-5,8-9,14-15,28H,6-7,10-12H2. The van der Waals surface area contributed by atoms with E-state index < -0.39 is 23.4 Å². The Bertz CT molecular complexity index is 1050. The Labute approximate surface area is 176 Å². The third-order valence-electron chi connectivity index (χ3n) is 5.78. The summed E-state index contributed by atoms with van der Waals surface area (Å²) in [5.74, 6) is -2.12. The number of halogens is 3. The minimum atomic E-state index is -4.70.